The summed E-state index contributed by atoms with van der Waals surface area (Å²) in [7, 11) is 0. The van der Waals surface area contributed by atoms with Crippen molar-refractivity contribution in [1.82, 2.24) is 15.2 Å². The quantitative estimate of drug-likeness (QED) is 0.886. The van der Waals surface area contributed by atoms with Gasteiger partial charge in [0.15, 0.2) is 0 Å². The van der Waals surface area contributed by atoms with Crippen molar-refractivity contribution in [2.24, 2.45) is 0 Å². The van der Waals surface area contributed by atoms with Gasteiger partial charge in [0, 0.05) is 25.5 Å². The Balaban J connectivity index is 1.89. The number of carbonyl (C=O) groups is 1. The summed E-state index contributed by atoms with van der Waals surface area (Å²) >= 11 is 0. The molecule has 0 bridgehead atoms. The summed E-state index contributed by atoms with van der Waals surface area (Å²) in [6.45, 7) is 4.04. The summed E-state index contributed by atoms with van der Waals surface area (Å²) in [5.74, 6) is 0.813. The van der Waals surface area contributed by atoms with Gasteiger partial charge in [-0.05, 0) is 31.9 Å². The van der Waals surface area contributed by atoms with Gasteiger partial charge < -0.3 is 15.0 Å². The molecule has 1 aromatic heterocycles. The number of amides is 2. The summed E-state index contributed by atoms with van der Waals surface area (Å²) in [5.41, 5.74) is 0. The van der Waals surface area contributed by atoms with E-state index >= 15 is 0 Å². The number of rotatable bonds is 3. The maximum atomic E-state index is 11.7. The SMILES string of the molecule is CCNC(=O)N1CCCC(Oc2ccncc2)C1. The molecule has 0 spiro atoms. The number of aromatic nitrogens is 1. The van der Waals surface area contributed by atoms with Crippen molar-refractivity contribution in [2.45, 2.75) is 25.9 Å². The van der Waals surface area contributed by atoms with Gasteiger partial charge in [-0.2, -0.15) is 0 Å². The van der Waals surface area contributed by atoms with Crippen molar-refractivity contribution in [3.8, 4) is 5.75 Å². The molecule has 0 saturated carbocycles. The van der Waals surface area contributed by atoms with Crippen molar-refractivity contribution in [3.05, 3.63) is 24.5 Å². The van der Waals surface area contributed by atoms with E-state index in [0.717, 1.165) is 25.1 Å². The van der Waals surface area contributed by atoms with E-state index in [4.69, 9.17) is 4.74 Å². The van der Waals surface area contributed by atoms with Crippen LogP contribution in [0.3, 0.4) is 0 Å². The molecule has 0 aliphatic carbocycles. The molecule has 2 rings (SSSR count). The summed E-state index contributed by atoms with van der Waals surface area (Å²) in [6, 6.07) is 3.68. The standard InChI is InChI=1S/C13H19N3O2/c1-2-15-13(17)16-9-3-4-12(10-16)18-11-5-7-14-8-6-11/h5-8,12H,2-4,9-10H2,1H3,(H,15,17). The fourth-order valence-electron chi connectivity index (χ4n) is 2.09. The summed E-state index contributed by atoms with van der Waals surface area (Å²) in [4.78, 5) is 17.5. The highest BCUT2D eigenvalue weighted by molar-refractivity contribution is 5.74. The van der Waals surface area contributed by atoms with Crippen molar-refractivity contribution < 1.29 is 9.53 Å². The van der Waals surface area contributed by atoms with Gasteiger partial charge >= 0.3 is 6.03 Å². The largest absolute Gasteiger partial charge is 0.488 e. The maximum Gasteiger partial charge on any atom is 0.317 e. The second-order valence-electron chi connectivity index (χ2n) is 4.35. The minimum Gasteiger partial charge on any atom is -0.488 e. The Bertz CT molecular complexity index is 383. The van der Waals surface area contributed by atoms with Gasteiger partial charge in [0.25, 0.3) is 0 Å². The minimum atomic E-state index is 0.000489. The molecular weight excluding hydrogens is 230 g/mol. The molecule has 0 radical (unpaired) electrons. The van der Waals surface area contributed by atoms with Crippen molar-refractivity contribution in [3.63, 3.8) is 0 Å². The van der Waals surface area contributed by atoms with Gasteiger partial charge in [0.2, 0.25) is 0 Å². The zero-order chi connectivity index (χ0) is 12.8. The van der Waals surface area contributed by atoms with Crippen LogP contribution in [-0.4, -0.2) is 41.7 Å². The van der Waals surface area contributed by atoms with Gasteiger partial charge in [0.1, 0.15) is 11.9 Å². The van der Waals surface area contributed by atoms with Crippen LogP contribution in [0.4, 0.5) is 4.79 Å². The van der Waals surface area contributed by atoms with Crippen LogP contribution in [0.25, 0.3) is 0 Å². The van der Waals surface area contributed by atoms with Crippen LogP contribution in [-0.2, 0) is 0 Å². The number of likely N-dealkylation sites (tertiary alicyclic amines) is 1. The van der Waals surface area contributed by atoms with Crippen LogP contribution < -0.4 is 10.1 Å². The average molecular weight is 249 g/mol. The van der Waals surface area contributed by atoms with E-state index in [1.54, 1.807) is 12.4 Å². The summed E-state index contributed by atoms with van der Waals surface area (Å²) in [6.07, 6.45) is 5.45. The molecule has 18 heavy (non-hydrogen) atoms. The fourth-order valence-corrected chi connectivity index (χ4v) is 2.09. The van der Waals surface area contributed by atoms with Crippen molar-refractivity contribution in [2.75, 3.05) is 19.6 Å². The number of piperidine rings is 1. The van der Waals surface area contributed by atoms with Crippen LogP contribution in [0, 0.1) is 0 Å². The highest BCUT2D eigenvalue weighted by Crippen LogP contribution is 2.17. The van der Waals surface area contributed by atoms with E-state index in [9.17, 15) is 4.79 Å². The smallest absolute Gasteiger partial charge is 0.317 e. The Morgan fingerprint density at radius 1 is 1.56 bits per heavy atom. The first kappa shape index (κ1) is 12.7. The van der Waals surface area contributed by atoms with E-state index in [2.05, 4.69) is 10.3 Å². The van der Waals surface area contributed by atoms with Crippen LogP contribution in [0.5, 0.6) is 5.75 Å². The van der Waals surface area contributed by atoms with Crippen LogP contribution in [0.15, 0.2) is 24.5 Å². The van der Waals surface area contributed by atoms with Gasteiger partial charge in [-0.1, -0.05) is 0 Å². The number of nitrogens with zero attached hydrogens (tertiary/aromatic N) is 2. The number of urea groups is 1. The predicted octanol–water partition coefficient (Wildman–Crippen LogP) is 1.65. The number of hydrogen-bond donors (Lipinski definition) is 1. The molecule has 1 aromatic rings. The first-order valence-electron chi connectivity index (χ1n) is 6.39. The molecule has 2 amide bonds. The molecule has 1 unspecified atom stereocenters. The highest BCUT2D eigenvalue weighted by Gasteiger charge is 2.24. The van der Waals surface area contributed by atoms with Gasteiger partial charge in [0.05, 0.1) is 6.54 Å². The monoisotopic (exact) mass is 249 g/mol. The Morgan fingerprint density at radius 3 is 3.06 bits per heavy atom. The Morgan fingerprint density at radius 2 is 2.33 bits per heavy atom. The van der Waals surface area contributed by atoms with E-state index < -0.39 is 0 Å². The second kappa shape index (κ2) is 6.23. The fraction of sp³-hybridized carbons (Fsp3) is 0.538. The average Bonchev–Trinajstić information content (AvgIpc) is 2.40. The zero-order valence-corrected chi connectivity index (χ0v) is 10.6. The highest BCUT2D eigenvalue weighted by atomic mass is 16.5. The molecule has 1 aliphatic rings. The minimum absolute atomic E-state index is 0.000489. The molecule has 1 saturated heterocycles. The second-order valence-corrected chi connectivity index (χ2v) is 4.35. The normalized spacial score (nSPS) is 19.4. The molecule has 1 N–H and O–H groups in total. The van der Waals surface area contributed by atoms with Gasteiger partial charge in [-0.25, -0.2) is 4.79 Å². The third-order valence-corrected chi connectivity index (χ3v) is 2.95. The van der Waals surface area contributed by atoms with Crippen LogP contribution >= 0.6 is 0 Å². The molecule has 1 aliphatic heterocycles. The Kier molecular flexibility index (Phi) is 4.39. The predicted molar refractivity (Wildman–Crippen MR) is 68.5 cm³/mol. The lowest BCUT2D eigenvalue weighted by molar-refractivity contribution is 0.101. The Labute approximate surface area is 107 Å². The lowest BCUT2D eigenvalue weighted by Crippen LogP contribution is -2.48. The van der Waals surface area contributed by atoms with E-state index in [-0.39, 0.29) is 12.1 Å². The number of nitrogens with one attached hydrogen (secondary N) is 1. The molecule has 0 aromatic carbocycles. The molecule has 1 fully saturated rings. The lowest BCUT2D eigenvalue weighted by atomic mass is 10.1. The van der Waals surface area contributed by atoms with Crippen LogP contribution in [0.2, 0.25) is 0 Å². The third kappa shape index (κ3) is 3.35. The first-order valence-corrected chi connectivity index (χ1v) is 6.39. The van der Waals surface area contributed by atoms with Gasteiger partial charge in [-0.3, -0.25) is 4.98 Å². The molecular formula is C13H19N3O2. The number of pyridine rings is 1. The van der Waals surface area contributed by atoms with Crippen LogP contribution in [0.1, 0.15) is 19.8 Å². The van der Waals surface area contributed by atoms with Crippen molar-refractivity contribution in [1.29, 1.82) is 0 Å². The molecule has 98 valence electrons. The topological polar surface area (TPSA) is 54.5 Å². The van der Waals surface area contributed by atoms with E-state index in [1.165, 1.54) is 0 Å². The lowest BCUT2D eigenvalue weighted by Gasteiger charge is -2.32. The molecule has 5 heteroatoms. The van der Waals surface area contributed by atoms with E-state index in [1.807, 2.05) is 24.0 Å². The van der Waals surface area contributed by atoms with E-state index in [0.29, 0.717) is 13.1 Å². The third-order valence-electron chi connectivity index (χ3n) is 2.95. The number of hydrogen-bond acceptors (Lipinski definition) is 3. The van der Waals surface area contributed by atoms with Crippen molar-refractivity contribution >= 4 is 6.03 Å². The Hall–Kier alpha value is -1.78. The molecule has 1 atom stereocenters. The first-order chi connectivity index (χ1) is 8.79. The summed E-state index contributed by atoms with van der Waals surface area (Å²) in [5, 5.41) is 2.82. The molecule has 5 nitrogen and oxygen atoms in total. The zero-order valence-electron chi connectivity index (χ0n) is 10.6. The summed E-state index contributed by atoms with van der Waals surface area (Å²) < 4.78 is 5.85. The maximum absolute atomic E-state index is 11.7. The van der Waals surface area contributed by atoms with Gasteiger partial charge in [-0.15, -0.1) is 0 Å². The number of carbonyl (C=O) groups excluding carboxylic acids is 1. The number of ether oxygens (including phenoxy) is 1. The molecule has 2 heterocycles.